The summed E-state index contributed by atoms with van der Waals surface area (Å²) in [6, 6.07) is 8.33. The minimum absolute atomic E-state index is 0.258. The van der Waals surface area contributed by atoms with Crippen molar-refractivity contribution in [2.24, 2.45) is 11.7 Å². The summed E-state index contributed by atoms with van der Waals surface area (Å²) in [6.07, 6.45) is 2.57. The van der Waals surface area contributed by atoms with Gasteiger partial charge in [-0.3, -0.25) is 4.90 Å². The summed E-state index contributed by atoms with van der Waals surface area (Å²) in [6.45, 7) is 4.16. The van der Waals surface area contributed by atoms with E-state index in [1.807, 2.05) is 18.2 Å². The van der Waals surface area contributed by atoms with Crippen LogP contribution in [0.5, 0.6) is 0 Å². The van der Waals surface area contributed by atoms with E-state index < -0.39 is 0 Å². The van der Waals surface area contributed by atoms with Gasteiger partial charge in [0.2, 0.25) is 0 Å². The molecule has 1 unspecified atom stereocenters. The highest BCUT2D eigenvalue weighted by atomic mass is 35.5. The molecule has 1 aliphatic heterocycles. The molecule has 0 amide bonds. The molecule has 2 rings (SSSR count). The van der Waals surface area contributed by atoms with Crippen molar-refractivity contribution >= 4 is 11.6 Å². The zero-order valence-corrected chi connectivity index (χ0v) is 13.3. The second-order valence-corrected chi connectivity index (χ2v) is 6.43. The molecule has 0 saturated carbocycles. The Morgan fingerprint density at radius 1 is 1.40 bits per heavy atom. The first-order valence-corrected chi connectivity index (χ1v) is 7.82. The Kier molecular flexibility index (Phi) is 5.85. The molecule has 20 heavy (non-hydrogen) atoms. The van der Waals surface area contributed by atoms with Crippen LogP contribution in [0.2, 0.25) is 5.02 Å². The van der Waals surface area contributed by atoms with E-state index in [4.69, 9.17) is 17.3 Å². The van der Waals surface area contributed by atoms with Gasteiger partial charge in [0.05, 0.1) is 0 Å². The van der Waals surface area contributed by atoms with Crippen LogP contribution in [-0.2, 0) is 0 Å². The van der Waals surface area contributed by atoms with Crippen LogP contribution in [0, 0.1) is 5.92 Å². The maximum atomic E-state index is 6.09. The van der Waals surface area contributed by atoms with Crippen LogP contribution < -0.4 is 5.73 Å². The fraction of sp³-hybridized carbons (Fsp3) is 0.625. The van der Waals surface area contributed by atoms with E-state index in [0.29, 0.717) is 6.54 Å². The zero-order valence-electron chi connectivity index (χ0n) is 12.6. The minimum atomic E-state index is 0.258. The average molecular weight is 296 g/mol. The van der Waals surface area contributed by atoms with Crippen molar-refractivity contribution in [3.05, 3.63) is 34.9 Å². The summed E-state index contributed by atoms with van der Waals surface area (Å²) in [5.41, 5.74) is 7.21. The van der Waals surface area contributed by atoms with Crippen LogP contribution >= 0.6 is 11.6 Å². The second-order valence-electron chi connectivity index (χ2n) is 5.99. The van der Waals surface area contributed by atoms with Crippen molar-refractivity contribution in [2.45, 2.75) is 18.9 Å². The van der Waals surface area contributed by atoms with Crippen LogP contribution in [0.4, 0.5) is 0 Å². The van der Waals surface area contributed by atoms with E-state index in [9.17, 15) is 0 Å². The SMILES string of the molecule is CN1CCC(CN(C)C(CN)c2cccc(Cl)c2)CC1. The fourth-order valence-corrected chi connectivity index (χ4v) is 3.26. The first kappa shape index (κ1) is 15.8. The third kappa shape index (κ3) is 4.19. The molecule has 1 atom stereocenters. The molecular formula is C16H26ClN3. The number of nitrogens with two attached hydrogens (primary N) is 1. The molecule has 1 heterocycles. The van der Waals surface area contributed by atoms with E-state index in [1.165, 1.54) is 31.5 Å². The second kappa shape index (κ2) is 7.41. The lowest BCUT2D eigenvalue weighted by atomic mass is 9.95. The summed E-state index contributed by atoms with van der Waals surface area (Å²) in [5.74, 6) is 0.782. The lowest BCUT2D eigenvalue weighted by Gasteiger charge is -2.35. The summed E-state index contributed by atoms with van der Waals surface area (Å²) < 4.78 is 0. The molecule has 0 radical (unpaired) electrons. The molecular weight excluding hydrogens is 270 g/mol. The number of piperidine rings is 1. The van der Waals surface area contributed by atoms with Crippen molar-refractivity contribution in [1.29, 1.82) is 0 Å². The van der Waals surface area contributed by atoms with Crippen LogP contribution in [0.1, 0.15) is 24.4 Å². The van der Waals surface area contributed by atoms with Gasteiger partial charge in [-0.1, -0.05) is 23.7 Å². The van der Waals surface area contributed by atoms with E-state index in [0.717, 1.165) is 17.5 Å². The molecule has 0 aromatic heterocycles. The number of benzene rings is 1. The Balaban J connectivity index is 1.97. The molecule has 1 aromatic carbocycles. The van der Waals surface area contributed by atoms with Gasteiger partial charge in [-0.25, -0.2) is 0 Å². The molecule has 4 heteroatoms. The zero-order chi connectivity index (χ0) is 14.5. The predicted molar refractivity (Wildman–Crippen MR) is 86.1 cm³/mol. The molecule has 1 saturated heterocycles. The molecule has 0 spiro atoms. The van der Waals surface area contributed by atoms with Gasteiger partial charge in [0.25, 0.3) is 0 Å². The van der Waals surface area contributed by atoms with Crippen LogP contribution in [0.3, 0.4) is 0 Å². The number of halogens is 1. The summed E-state index contributed by atoms with van der Waals surface area (Å²) in [7, 11) is 4.38. The minimum Gasteiger partial charge on any atom is -0.329 e. The molecule has 3 nitrogen and oxygen atoms in total. The molecule has 1 aromatic rings. The number of likely N-dealkylation sites (N-methyl/N-ethyl adjacent to an activating group) is 1. The highest BCUT2D eigenvalue weighted by Gasteiger charge is 2.22. The molecule has 0 aliphatic carbocycles. The van der Waals surface area contributed by atoms with Gasteiger partial charge in [-0.2, -0.15) is 0 Å². The summed E-state index contributed by atoms with van der Waals surface area (Å²) >= 11 is 6.09. The average Bonchev–Trinajstić information content (AvgIpc) is 2.42. The predicted octanol–water partition coefficient (Wildman–Crippen LogP) is 2.61. The first-order chi connectivity index (χ1) is 9.60. The van der Waals surface area contributed by atoms with Crippen molar-refractivity contribution in [3.63, 3.8) is 0 Å². The van der Waals surface area contributed by atoms with E-state index in [-0.39, 0.29) is 6.04 Å². The number of nitrogens with zero attached hydrogens (tertiary/aromatic N) is 2. The normalized spacial score (nSPS) is 19.4. The number of hydrogen-bond donors (Lipinski definition) is 1. The highest BCUT2D eigenvalue weighted by Crippen LogP contribution is 2.24. The van der Waals surface area contributed by atoms with E-state index >= 15 is 0 Å². The highest BCUT2D eigenvalue weighted by molar-refractivity contribution is 6.30. The van der Waals surface area contributed by atoms with Crippen molar-refractivity contribution in [2.75, 3.05) is 40.3 Å². The standard InChI is InChI=1S/C16H26ClN3/c1-19-8-6-13(7-9-19)12-20(2)16(11-18)14-4-3-5-15(17)10-14/h3-5,10,13,16H,6-9,11-12,18H2,1-2H3. The topological polar surface area (TPSA) is 32.5 Å². The Morgan fingerprint density at radius 2 is 2.10 bits per heavy atom. The molecule has 1 fully saturated rings. The van der Waals surface area contributed by atoms with Crippen LogP contribution in [-0.4, -0.2) is 50.1 Å². The van der Waals surface area contributed by atoms with Crippen molar-refractivity contribution in [3.8, 4) is 0 Å². The van der Waals surface area contributed by atoms with Gasteiger partial charge in [0, 0.05) is 24.2 Å². The van der Waals surface area contributed by atoms with Crippen LogP contribution in [0.25, 0.3) is 0 Å². The van der Waals surface area contributed by atoms with Gasteiger partial charge in [0.1, 0.15) is 0 Å². The van der Waals surface area contributed by atoms with Gasteiger partial charge in [-0.15, -0.1) is 0 Å². The van der Waals surface area contributed by atoms with Crippen LogP contribution in [0.15, 0.2) is 24.3 Å². The molecule has 1 aliphatic rings. The Bertz CT molecular complexity index is 416. The lowest BCUT2D eigenvalue weighted by molar-refractivity contribution is 0.151. The Hall–Kier alpha value is -0.610. The number of rotatable bonds is 5. The lowest BCUT2D eigenvalue weighted by Crippen LogP contribution is -2.38. The number of hydrogen-bond acceptors (Lipinski definition) is 3. The largest absolute Gasteiger partial charge is 0.329 e. The smallest absolute Gasteiger partial charge is 0.0468 e. The maximum Gasteiger partial charge on any atom is 0.0468 e. The quantitative estimate of drug-likeness (QED) is 0.906. The Labute approximate surface area is 127 Å². The van der Waals surface area contributed by atoms with Gasteiger partial charge in [0.15, 0.2) is 0 Å². The van der Waals surface area contributed by atoms with E-state index in [1.54, 1.807) is 0 Å². The summed E-state index contributed by atoms with van der Waals surface area (Å²) in [4.78, 5) is 4.80. The molecule has 2 N–H and O–H groups in total. The maximum absolute atomic E-state index is 6.09. The summed E-state index contributed by atoms with van der Waals surface area (Å²) in [5, 5.41) is 0.786. The monoisotopic (exact) mass is 295 g/mol. The molecule has 112 valence electrons. The van der Waals surface area contributed by atoms with Gasteiger partial charge < -0.3 is 10.6 Å². The fourth-order valence-electron chi connectivity index (χ4n) is 3.06. The van der Waals surface area contributed by atoms with Crippen molar-refractivity contribution in [1.82, 2.24) is 9.80 Å². The Morgan fingerprint density at radius 3 is 2.70 bits per heavy atom. The van der Waals surface area contributed by atoms with Gasteiger partial charge >= 0.3 is 0 Å². The first-order valence-electron chi connectivity index (χ1n) is 7.44. The third-order valence-corrected chi connectivity index (χ3v) is 4.61. The van der Waals surface area contributed by atoms with Crippen molar-refractivity contribution < 1.29 is 0 Å². The van der Waals surface area contributed by atoms with E-state index in [2.05, 4.69) is 30.0 Å². The molecule has 0 bridgehead atoms. The third-order valence-electron chi connectivity index (χ3n) is 4.37. The van der Waals surface area contributed by atoms with Gasteiger partial charge in [-0.05, 0) is 63.6 Å². The number of likely N-dealkylation sites (tertiary alicyclic amines) is 1.